The Kier molecular flexibility index (Phi) is 11.6. The Morgan fingerprint density at radius 1 is 0.851 bits per heavy atom. The topological polar surface area (TPSA) is 122 Å². The fraction of sp³-hybridized carbons (Fsp3) is 0.421. The van der Waals surface area contributed by atoms with Crippen LogP contribution in [0.2, 0.25) is 0 Å². The normalized spacial score (nSPS) is 14.1. The molecule has 0 bridgehead atoms. The van der Waals surface area contributed by atoms with Crippen LogP contribution in [0.5, 0.6) is 0 Å². The van der Waals surface area contributed by atoms with E-state index in [4.69, 9.17) is 10.5 Å². The van der Waals surface area contributed by atoms with E-state index in [1.54, 1.807) is 48.7 Å². The number of ether oxygens (including phenoxy) is 1. The van der Waals surface area contributed by atoms with Crippen LogP contribution in [0.3, 0.4) is 0 Å². The van der Waals surface area contributed by atoms with Gasteiger partial charge in [0.2, 0.25) is 17.7 Å². The SMILES string of the molecule is CC(=CC(=O)N(C)C(Cc1ccc2ccccc2c1)C(=O)N(C)C(C)(Cc1ccccc1)C(N)=O)CC(C)(C)NC(=O)OC(C)(C)C. The molecule has 0 aliphatic rings. The van der Waals surface area contributed by atoms with E-state index >= 15 is 0 Å². The number of nitrogens with one attached hydrogen (secondary N) is 1. The molecule has 2 atom stereocenters. The maximum Gasteiger partial charge on any atom is 0.408 e. The summed E-state index contributed by atoms with van der Waals surface area (Å²) in [4.78, 5) is 56.3. The molecule has 0 heterocycles. The summed E-state index contributed by atoms with van der Waals surface area (Å²) >= 11 is 0. The lowest BCUT2D eigenvalue weighted by atomic mass is 9.89. The fourth-order valence-corrected chi connectivity index (χ4v) is 5.65. The number of rotatable bonds is 12. The van der Waals surface area contributed by atoms with Crippen molar-refractivity contribution in [3.8, 4) is 0 Å². The summed E-state index contributed by atoms with van der Waals surface area (Å²) in [7, 11) is 3.15. The standard InChI is InChI=1S/C38H50N4O5/c1-26(24-37(5,6)40-35(46)47-36(2,3)4)21-32(43)41(8)31(23-28-19-20-29-17-13-14-18-30(29)22-28)33(44)42(9)38(7,34(39)45)25-27-15-11-10-12-16-27/h10-22,31H,23-25H2,1-9H3,(H2,39,45)(H,40,46). The molecule has 0 aromatic heterocycles. The Morgan fingerprint density at radius 2 is 1.45 bits per heavy atom. The van der Waals surface area contributed by atoms with Gasteiger partial charge in [-0.15, -0.1) is 0 Å². The molecule has 2 unspecified atom stereocenters. The molecule has 0 spiro atoms. The van der Waals surface area contributed by atoms with Crippen molar-refractivity contribution in [2.24, 2.45) is 5.73 Å². The van der Waals surface area contributed by atoms with Gasteiger partial charge in [-0.25, -0.2) is 4.79 Å². The van der Waals surface area contributed by atoms with E-state index in [9.17, 15) is 19.2 Å². The minimum absolute atomic E-state index is 0.213. The third-order valence-corrected chi connectivity index (χ3v) is 8.27. The van der Waals surface area contributed by atoms with Crippen molar-refractivity contribution in [2.75, 3.05) is 14.1 Å². The molecule has 0 aliphatic carbocycles. The summed E-state index contributed by atoms with van der Waals surface area (Å²) in [5, 5.41) is 4.94. The van der Waals surface area contributed by atoms with E-state index in [0.717, 1.165) is 21.9 Å². The Balaban J connectivity index is 1.93. The molecule has 4 amide bonds. The van der Waals surface area contributed by atoms with Crippen molar-refractivity contribution < 1.29 is 23.9 Å². The van der Waals surface area contributed by atoms with Crippen molar-refractivity contribution in [3.63, 3.8) is 0 Å². The number of amides is 4. The number of primary amides is 1. The third-order valence-electron chi connectivity index (χ3n) is 8.27. The molecule has 0 aliphatic heterocycles. The quantitative estimate of drug-likeness (QED) is 0.242. The monoisotopic (exact) mass is 642 g/mol. The molecule has 0 fully saturated rings. The number of carbonyl (C=O) groups excluding carboxylic acids is 4. The number of nitrogens with two attached hydrogens (primary N) is 1. The van der Waals surface area contributed by atoms with Crippen LogP contribution in [0.25, 0.3) is 10.8 Å². The van der Waals surface area contributed by atoms with Gasteiger partial charge in [0.15, 0.2) is 0 Å². The van der Waals surface area contributed by atoms with E-state index in [0.29, 0.717) is 12.0 Å². The molecule has 47 heavy (non-hydrogen) atoms. The molecular weight excluding hydrogens is 592 g/mol. The summed E-state index contributed by atoms with van der Waals surface area (Å²) in [5.41, 5.74) is 5.66. The van der Waals surface area contributed by atoms with Gasteiger partial charge in [0.25, 0.3) is 0 Å². The molecule has 0 saturated heterocycles. The van der Waals surface area contributed by atoms with Gasteiger partial charge in [-0.2, -0.15) is 0 Å². The number of likely N-dealkylation sites (N-methyl/N-ethyl adjacent to an activating group) is 2. The van der Waals surface area contributed by atoms with Gasteiger partial charge in [-0.1, -0.05) is 78.4 Å². The molecule has 252 valence electrons. The summed E-state index contributed by atoms with van der Waals surface area (Å²) in [5.74, 6) is -1.44. The number of fused-ring (bicyclic) bond motifs is 1. The number of benzene rings is 3. The van der Waals surface area contributed by atoms with Crippen molar-refractivity contribution in [2.45, 2.75) is 90.4 Å². The second-order valence-electron chi connectivity index (χ2n) is 14.2. The molecule has 0 saturated carbocycles. The predicted molar refractivity (Wildman–Crippen MR) is 187 cm³/mol. The van der Waals surface area contributed by atoms with Crippen molar-refractivity contribution in [1.29, 1.82) is 0 Å². The maximum atomic E-state index is 14.4. The molecule has 3 aromatic rings. The fourth-order valence-electron chi connectivity index (χ4n) is 5.65. The van der Waals surface area contributed by atoms with Gasteiger partial charge in [-0.3, -0.25) is 14.4 Å². The smallest absolute Gasteiger partial charge is 0.408 e. The number of hydrogen-bond donors (Lipinski definition) is 2. The minimum Gasteiger partial charge on any atom is -0.444 e. The Bertz CT molecular complexity index is 1630. The van der Waals surface area contributed by atoms with E-state index in [2.05, 4.69) is 5.32 Å². The van der Waals surface area contributed by atoms with Crippen LogP contribution in [0.15, 0.2) is 84.4 Å². The maximum absolute atomic E-state index is 14.4. The van der Waals surface area contributed by atoms with E-state index < -0.39 is 40.6 Å². The highest BCUT2D eigenvalue weighted by Crippen LogP contribution is 2.25. The molecule has 9 heteroatoms. The van der Waals surface area contributed by atoms with Crippen molar-refractivity contribution >= 4 is 34.6 Å². The van der Waals surface area contributed by atoms with Gasteiger partial charge in [0, 0.05) is 38.6 Å². The molecule has 9 nitrogen and oxygen atoms in total. The van der Waals surface area contributed by atoms with Crippen LogP contribution in [0.4, 0.5) is 4.79 Å². The summed E-state index contributed by atoms with van der Waals surface area (Å²) in [6, 6.07) is 22.3. The zero-order chi connectivity index (χ0) is 35.2. The van der Waals surface area contributed by atoms with Crippen LogP contribution >= 0.6 is 0 Å². The van der Waals surface area contributed by atoms with Crippen LogP contribution in [-0.4, -0.2) is 70.4 Å². The van der Waals surface area contributed by atoms with Crippen LogP contribution in [0.1, 0.15) is 66.0 Å². The minimum atomic E-state index is -1.35. The van der Waals surface area contributed by atoms with E-state index in [1.165, 1.54) is 15.9 Å². The lowest BCUT2D eigenvalue weighted by molar-refractivity contribution is -0.149. The van der Waals surface area contributed by atoms with Crippen LogP contribution in [-0.2, 0) is 32.0 Å². The lowest BCUT2D eigenvalue weighted by Gasteiger charge is -2.40. The molecule has 3 N–H and O–H groups in total. The average molecular weight is 643 g/mol. The number of hydrogen-bond acceptors (Lipinski definition) is 5. The van der Waals surface area contributed by atoms with Gasteiger partial charge >= 0.3 is 6.09 Å². The van der Waals surface area contributed by atoms with Gasteiger partial charge in [-0.05, 0) is 76.8 Å². The number of nitrogens with zero attached hydrogens (tertiary/aromatic N) is 2. The Morgan fingerprint density at radius 3 is 2.04 bits per heavy atom. The molecule has 3 rings (SSSR count). The molecule has 3 aromatic carbocycles. The first kappa shape index (κ1) is 36.8. The molecular formula is C38H50N4O5. The summed E-state index contributed by atoms with van der Waals surface area (Å²) in [6.07, 6.45) is 1.73. The zero-order valence-corrected chi connectivity index (χ0v) is 29.2. The van der Waals surface area contributed by atoms with Gasteiger partial charge in [0.05, 0.1) is 0 Å². The first-order valence-electron chi connectivity index (χ1n) is 15.9. The second kappa shape index (κ2) is 14.8. The van der Waals surface area contributed by atoms with Gasteiger partial charge < -0.3 is 25.6 Å². The zero-order valence-electron chi connectivity index (χ0n) is 29.2. The second-order valence-corrected chi connectivity index (χ2v) is 14.2. The highest BCUT2D eigenvalue weighted by molar-refractivity contribution is 5.96. The first-order chi connectivity index (χ1) is 21.8. The number of carbonyl (C=O) groups is 4. The van der Waals surface area contributed by atoms with Crippen molar-refractivity contribution in [3.05, 3.63) is 95.6 Å². The van der Waals surface area contributed by atoms with Gasteiger partial charge in [0.1, 0.15) is 17.2 Å². The van der Waals surface area contributed by atoms with E-state index in [1.807, 2.05) is 86.6 Å². The molecule has 0 radical (unpaired) electrons. The summed E-state index contributed by atoms with van der Waals surface area (Å²) < 4.78 is 5.40. The Labute approximate surface area is 279 Å². The number of alkyl carbamates (subject to hydrolysis) is 1. The van der Waals surface area contributed by atoms with Crippen LogP contribution in [0, 0.1) is 0 Å². The lowest BCUT2D eigenvalue weighted by Crippen LogP contribution is -2.61. The summed E-state index contributed by atoms with van der Waals surface area (Å²) in [6.45, 7) is 12.5. The van der Waals surface area contributed by atoms with Crippen molar-refractivity contribution in [1.82, 2.24) is 15.1 Å². The largest absolute Gasteiger partial charge is 0.444 e. The highest BCUT2D eigenvalue weighted by atomic mass is 16.6. The van der Waals surface area contributed by atoms with E-state index in [-0.39, 0.29) is 18.7 Å². The first-order valence-corrected chi connectivity index (χ1v) is 15.9. The Hall–Kier alpha value is -4.66. The van der Waals surface area contributed by atoms with Crippen LogP contribution < -0.4 is 11.1 Å². The average Bonchev–Trinajstić information content (AvgIpc) is 2.97. The highest BCUT2D eigenvalue weighted by Gasteiger charge is 2.42. The predicted octanol–water partition coefficient (Wildman–Crippen LogP) is 5.79. The third kappa shape index (κ3) is 10.2.